The number of aryl methyl sites for hydroxylation is 1. The molecule has 0 aromatic carbocycles. The van der Waals surface area contributed by atoms with E-state index >= 15 is 0 Å². The molecule has 1 aromatic heterocycles. The summed E-state index contributed by atoms with van der Waals surface area (Å²) in [4.78, 5) is 7.22. The van der Waals surface area contributed by atoms with E-state index in [1.807, 2.05) is 0 Å². The third-order valence-corrected chi connectivity index (χ3v) is 3.13. The average molecular weight is 204 g/mol. The highest BCUT2D eigenvalue weighted by atomic mass is 15.2. The second-order valence-electron chi connectivity index (χ2n) is 4.40. The van der Waals surface area contributed by atoms with E-state index in [4.69, 9.17) is 0 Å². The Balaban J connectivity index is 2.15. The van der Waals surface area contributed by atoms with Crippen LogP contribution in [0.15, 0.2) is 18.2 Å². The quantitative estimate of drug-likeness (QED) is 0.752. The predicted octanol–water partition coefficient (Wildman–Crippen LogP) is 2.94. The van der Waals surface area contributed by atoms with Gasteiger partial charge in [0.1, 0.15) is 0 Å². The normalized spacial score (nSPS) is 22.1. The molecular weight excluding hydrogens is 184 g/mol. The average Bonchev–Trinajstić information content (AvgIpc) is 2.66. The van der Waals surface area contributed by atoms with E-state index < -0.39 is 0 Å². The van der Waals surface area contributed by atoms with Gasteiger partial charge in [0, 0.05) is 5.69 Å². The minimum atomic E-state index is 0.574. The summed E-state index contributed by atoms with van der Waals surface area (Å²) >= 11 is 0. The summed E-state index contributed by atoms with van der Waals surface area (Å²) in [6.07, 6.45) is 3.83. The molecule has 0 aliphatic carbocycles. The van der Waals surface area contributed by atoms with Gasteiger partial charge in [0.2, 0.25) is 0 Å². The molecule has 2 heteroatoms. The molecule has 0 bridgehead atoms. The van der Waals surface area contributed by atoms with E-state index in [2.05, 4.69) is 41.9 Å². The molecule has 1 saturated heterocycles. The number of nitrogens with zero attached hydrogens (tertiary/aromatic N) is 2. The molecule has 0 unspecified atom stereocenters. The first-order valence-corrected chi connectivity index (χ1v) is 5.99. The van der Waals surface area contributed by atoms with Gasteiger partial charge in [-0.3, -0.25) is 9.88 Å². The molecule has 0 amide bonds. The predicted molar refractivity (Wildman–Crippen MR) is 62.8 cm³/mol. The van der Waals surface area contributed by atoms with Gasteiger partial charge in [-0.1, -0.05) is 13.0 Å². The summed E-state index contributed by atoms with van der Waals surface area (Å²) in [5, 5.41) is 0. The SMILES string of the molecule is CCCN1CCC[C@H]1c1cccc(C)n1. The Kier molecular flexibility index (Phi) is 3.37. The van der Waals surface area contributed by atoms with Crippen LogP contribution in [0.4, 0.5) is 0 Å². The molecule has 1 atom stereocenters. The van der Waals surface area contributed by atoms with Crippen LogP contribution >= 0.6 is 0 Å². The number of hydrogen-bond acceptors (Lipinski definition) is 2. The van der Waals surface area contributed by atoms with Gasteiger partial charge in [0.15, 0.2) is 0 Å². The molecule has 0 spiro atoms. The fourth-order valence-electron chi connectivity index (χ4n) is 2.47. The monoisotopic (exact) mass is 204 g/mol. The van der Waals surface area contributed by atoms with Crippen molar-refractivity contribution in [3.8, 4) is 0 Å². The van der Waals surface area contributed by atoms with E-state index in [-0.39, 0.29) is 0 Å². The zero-order chi connectivity index (χ0) is 10.7. The third-order valence-electron chi connectivity index (χ3n) is 3.13. The highest BCUT2D eigenvalue weighted by molar-refractivity contribution is 5.14. The minimum absolute atomic E-state index is 0.574. The lowest BCUT2D eigenvalue weighted by Crippen LogP contribution is -2.24. The summed E-state index contributed by atoms with van der Waals surface area (Å²) in [6, 6.07) is 6.94. The van der Waals surface area contributed by atoms with Crippen molar-refractivity contribution in [2.75, 3.05) is 13.1 Å². The van der Waals surface area contributed by atoms with Crippen molar-refractivity contribution in [2.45, 2.75) is 39.2 Å². The van der Waals surface area contributed by atoms with Crippen LogP contribution in [-0.2, 0) is 0 Å². The van der Waals surface area contributed by atoms with Crippen LogP contribution in [0.1, 0.15) is 43.6 Å². The van der Waals surface area contributed by atoms with Crippen molar-refractivity contribution in [1.82, 2.24) is 9.88 Å². The molecule has 2 nitrogen and oxygen atoms in total. The molecule has 1 aliphatic rings. The second-order valence-corrected chi connectivity index (χ2v) is 4.40. The van der Waals surface area contributed by atoms with Gasteiger partial charge >= 0.3 is 0 Å². The lowest BCUT2D eigenvalue weighted by Gasteiger charge is -2.23. The second kappa shape index (κ2) is 4.75. The number of likely N-dealkylation sites (tertiary alicyclic amines) is 1. The van der Waals surface area contributed by atoms with E-state index in [0.717, 1.165) is 5.69 Å². The fourth-order valence-corrected chi connectivity index (χ4v) is 2.47. The van der Waals surface area contributed by atoms with Crippen LogP contribution in [0.5, 0.6) is 0 Å². The highest BCUT2D eigenvalue weighted by Crippen LogP contribution is 2.30. The molecule has 0 N–H and O–H groups in total. The van der Waals surface area contributed by atoms with Gasteiger partial charge in [-0.2, -0.15) is 0 Å². The topological polar surface area (TPSA) is 16.1 Å². The first kappa shape index (κ1) is 10.6. The molecular formula is C13H20N2. The first-order chi connectivity index (χ1) is 7.31. The van der Waals surface area contributed by atoms with Gasteiger partial charge in [0.05, 0.1) is 11.7 Å². The smallest absolute Gasteiger partial charge is 0.0578 e. The number of pyridine rings is 1. The maximum absolute atomic E-state index is 4.65. The number of rotatable bonds is 3. The van der Waals surface area contributed by atoms with Gasteiger partial charge in [-0.05, 0) is 51.4 Å². The Labute approximate surface area is 92.3 Å². The van der Waals surface area contributed by atoms with Gasteiger partial charge in [-0.15, -0.1) is 0 Å². The van der Waals surface area contributed by atoms with Crippen LogP contribution in [0.25, 0.3) is 0 Å². The first-order valence-electron chi connectivity index (χ1n) is 5.99. The van der Waals surface area contributed by atoms with E-state index in [0.29, 0.717) is 6.04 Å². The molecule has 2 heterocycles. The van der Waals surface area contributed by atoms with Crippen LogP contribution in [-0.4, -0.2) is 23.0 Å². The number of aromatic nitrogens is 1. The Morgan fingerprint density at radius 3 is 3.07 bits per heavy atom. The Morgan fingerprint density at radius 1 is 1.47 bits per heavy atom. The van der Waals surface area contributed by atoms with E-state index in [1.165, 1.54) is 38.0 Å². The highest BCUT2D eigenvalue weighted by Gasteiger charge is 2.25. The van der Waals surface area contributed by atoms with Crippen molar-refractivity contribution < 1.29 is 0 Å². The third kappa shape index (κ3) is 2.37. The molecule has 1 fully saturated rings. The Bertz CT molecular complexity index is 322. The van der Waals surface area contributed by atoms with Crippen LogP contribution in [0, 0.1) is 6.92 Å². The lowest BCUT2D eigenvalue weighted by molar-refractivity contribution is 0.253. The Hall–Kier alpha value is -0.890. The zero-order valence-corrected chi connectivity index (χ0v) is 9.74. The van der Waals surface area contributed by atoms with E-state index in [9.17, 15) is 0 Å². The van der Waals surface area contributed by atoms with Gasteiger partial charge in [-0.25, -0.2) is 0 Å². The molecule has 0 radical (unpaired) electrons. The van der Waals surface area contributed by atoms with Crippen molar-refractivity contribution in [1.29, 1.82) is 0 Å². The molecule has 2 rings (SSSR count). The van der Waals surface area contributed by atoms with Crippen molar-refractivity contribution >= 4 is 0 Å². The zero-order valence-electron chi connectivity index (χ0n) is 9.74. The minimum Gasteiger partial charge on any atom is -0.295 e. The summed E-state index contributed by atoms with van der Waals surface area (Å²) in [6.45, 7) is 6.77. The van der Waals surface area contributed by atoms with Gasteiger partial charge in [0.25, 0.3) is 0 Å². The lowest BCUT2D eigenvalue weighted by atomic mass is 10.1. The molecule has 1 aliphatic heterocycles. The summed E-state index contributed by atoms with van der Waals surface area (Å²) in [5.74, 6) is 0. The van der Waals surface area contributed by atoms with Crippen LogP contribution < -0.4 is 0 Å². The van der Waals surface area contributed by atoms with Crippen molar-refractivity contribution in [2.24, 2.45) is 0 Å². The van der Waals surface area contributed by atoms with E-state index in [1.54, 1.807) is 0 Å². The molecule has 0 saturated carbocycles. The van der Waals surface area contributed by atoms with Crippen molar-refractivity contribution in [3.63, 3.8) is 0 Å². The molecule has 1 aromatic rings. The summed E-state index contributed by atoms with van der Waals surface area (Å²) < 4.78 is 0. The summed E-state index contributed by atoms with van der Waals surface area (Å²) in [7, 11) is 0. The molecule has 15 heavy (non-hydrogen) atoms. The number of hydrogen-bond donors (Lipinski definition) is 0. The Morgan fingerprint density at radius 2 is 2.33 bits per heavy atom. The summed E-state index contributed by atoms with van der Waals surface area (Å²) in [5.41, 5.74) is 2.40. The van der Waals surface area contributed by atoms with Gasteiger partial charge < -0.3 is 0 Å². The standard InChI is InChI=1S/C13H20N2/c1-3-9-15-10-5-8-13(15)12-7-4-6-11(2)14-12/h4,6-7,13H,3,5,8-10H2,1-2H3/t13-/m0/s1. The van der Waals surface area contributed by atoms with Crippen LogP contribution in [0.3, 0.4) is 0 Å². The molecule has 82 valence electrons. The fraction of sp³-hybridized carbons (Fsp3) is 0.615. The maximum Gasteiger partial charge on any atom is 0.0578 e. The van der Waals surface area contributed by atoms with Crippen LogP contribution in [0.2, 0.25) is 0 Å². The maximum atomic E-state index is 4.65. The largest absolute Gasteiger partial charge is 0.295 e. The van der Waals surface area contributed by atoms with Crippen molar-refractivity contribution in [3.05, 3.63) is 29.6 Å².